The predicted molar refractivity (Wildman–Crippen MR) is 126 cm³/mol. The normalized spacial score (nSPS) is 15.7. The molecule has 1 N–H and O–H groups in total. The van der Waals surface area contributed by atoms with E-state index in [1.807, 2.05) is 0 Å². The monoisotopic (exact) mass is 473 g/mol. The number of Topliss-reactive ketones (excluding diaryl/α,β-unsaturated/α-hetero) is 1. The number of carbonyl (C=O) groups excluding carboxylic acids is 2. The summed E-state index contributed by atoms with van der Waals surface area (Å²) in [6.07, 6.45) is 0. The third-order valence-corrected chi connectivity index (χ3v) is 5.94. The number of rotatable bonds is 6. The zero-order valence-corrected chi connectivity index (χ0v) is 18.8. The Bertz CT molecular complexity index is 1470. The lowest BCUT2D eigenvalue weighted by atomic mass is 9.94. The van der Waals surface area contributed by atoms with Crippen molar-refractivity contribution >= 4 is 28.3 Å². The SMILES string of the molecule is COc1ccc(N2C(=O)C(O)=C(C(=O)c3cc4cccc(OC)c4o3)C2c2ccc(F)cc2)cc1. The molecule has 8 heteroatoms. The number of benzene rings is 3. The van der Waals surface area contributed by atoms with E-state index in [-0.39, 0.29) is 11.3 Å². The fourth-order valence-corrected chi connectivity index (χ4v) is 4.25. The third-order valence-electron chi connectivity index (χ3n) is 5.94. The standard InChI is InChI=1S/C27H20FNO6/c1-33-19-12-10-18(11-13-19)29-23(15-6-8-17(28)9-7-15)22(25(31)27(29)32)24(30)21-14-16-4-3-5-20(34-2)26(16)35-21/h3-14,23,31H,1-2H3. The van der Waals surface area contributed by atoms with Gasteiger partial charge in [0, 0.05) is 11.1 Å². The van der Waals surface area contributed by atoms with E-state index in [4.69, 9.17) is 13.9 Å². The number of anilines is 1. The number of methoxy groups -OCH3 is 2. The van der Waals surface area contributed by atoms with E-state index in [0.29, 0.717) is 33.7 Å². The Morgan fingerprint density at radius 2 is 1.71 bits per heavy atom. The Balaban J connectivity index is 1.64. The first-order chi connectivity index (χ1) is 16.9. The lowest BCUT2D eigenvalue weighted by Gasteiger charge is -2.27. The predicted octanol–water partition coefficient (Wildman–Crippen LogP) is 5.37. The molecular weight excluding hydrogens is 453 g/mol. The van der Waals surface area contributed by atoms with Crippen LogP contribution in [0.4, 0.5) is 10.1 Å². The van der Waals surface area contributed by atoms with Gasteiger partial charge in [0.2, 0.25) is 5.78 Å². The molecule has 0 saturated carbocycles. The summed E-state index contributed by atoms with van der Waals surface area (Å²) in [5.41, 5.74) is 1.06. The Labute approximate surface area is 199 Å². The number of ether oxygens (including phenoxy) is 2. The minimum Gasteiger partial charge on any atom is -0.503 e. The molecule has 0 saturated heterocycles. The second kappa shape index (κ2) is 8.64. The smallest absolute Gasteiger partial charge is 0.294 e. The highest BCUT2D eigenvalue weighted by Gasteiger charge is 2.45. The van der Waals surface area contributed by atoms with Crippen LogP contribution in [-0.4, -0.2) is 31.0 Å². The number of hydrogen-bond acceptors (Lipinski definition) is 6. The van der Waals surface area contributed by atoms with Crippen LogP contribution < -0.4 is 14.4 Å². The highest BCUT2D eigenvalue weighted by molar-refractivity contribution is 6.20. The van der Waals surface area contributed by atoms with Crippen LogP contribution in [0.2, 0.25) is 0 Å². The van der Waals surface area contributed by atoms with Gasteiger partial charge in [-0.15, -0.1) is 0 Å². The molecule has 1 amide bonds. The average Bonchev–Trinajstić information content (AvgIpc) is 3.43. The Kier molecular flexibility index (Phi) is 5.49. The summed E-state index contributed by atoms with van der Waals surface area (Å²) in [6, 6.07) is 17.7. The number of halogens is 1. The molecule has 1 aliphatic heterocycles. The lowest BCUT2D eigenvalue weighted by molar-refractivity contribution is -0.117. The number of nitrogens with zero attached hydrogens (tertiary/aromatic N) is 1. The van der Waals surface area contributed by atoms with Crippen LogP contribution in [0.1, 0.15) is 22.2 Å². The van der Waals surface area contributed by atoms with Gasteiger partial charge < -0.3 is 19.0 Å². The van der Waals surface area contributed by atoms with Crippen LogP contribution in [0.3, 0.4) is 0 Å². The average molecular weight is 473 g/mol. The second-order valence-corrected chi connectivity index (χ2v) is 7.91. The van der Waals surface area contributed by atoms with Gasteiger partial charge in [-0.1, -0.05) is 24.3 Å². The van der Waals surface area contributed by atoms with Crippen molar-refractivity contribution in [2.45, 2.75) is 6.04 Å². The number of amides is 1. The number of aliphatic hydroxyl groups excluding tert-OH is 1. The number of fused-ring (bicyclic) bond motifs is 1. The third kappa shape index (κ3) is 3.69. The summed E-state index contributed by atoms with van der Waals surface area (Å²) >= 11 is 0. The van der Waals surface area contributed by atoms with Crippen LogP contribution in [0.25, 0.3) is 11.0 Å². The topological polar surface area (TPSA) is 89.2 Å². The van der Waals surface area contributed by atoms with Gasteiger partial charge in [0.15, 0.2) is 22.9 Å². The maximum atomic E-state index is 13.7. The van der Waals surface area contributed by atoms with Gasteiger partial charge in [0.05, 0.1) is 25.8 Å². The van der Waals surface area contributed by atoms with Gasteiger partial charge in [-0.05, 0) is 54.1 Å². The van der Waals surface area contributed by atoms with Crippen molar-refractivity contribution in [3.8, 4) is 11.5 Å². The van der Waals surface area contributed by atoms with Crippen LogP contribution in [0, 0.1) is 5.82 Å². The number of carbonyl (C=O) groups is 2. The van der Waals surface area contributed by atoms with Crippen molar-refractivity contribution < 1.29 is 33.0 Å². The van der Waals surface area contributed by atoms with E-state index in [0.717, 1.165) is 0 Å². The van der Waals surface area contributed by atoms with Gasteiger partial charge in [0.25, 0.3) is 5.91 Å². The molecule has 0 radical (unpaired) electrons. The zero-order chi connectivity index (χ0) is 24.7. The van der Waals surface area contributed by atoms with Crippen LogP contribution in [0.15, 0.2) is 88.5 Å². The number of furan rings is 1. The lowest BCUT2D eigenvalue weighted by Crippen LogP contribution is -2.31. The molecule has 1 aromatic heterocycles. The van der Waals surface area contributed by atoms with E-state index in [9.17, 15) is 19.1 Å². The summed E-state index contributed by atoms with van der Waals surface area (Å²) in [5.74, 6) is -1.66. The molecule has 5 rings (SSSR count). The fourth-order valence-electron chi connectivity index (χ4n) is 4.25. The number of hydrogen-bond donors (Lipinski definition) is 1. The van der Waals surface area contributed by atoms with E-state index < -0.39 is 29.3 Å². The molecular formula is C27H20FNO6. The molecule has 176 valence electrons. The number of aliphatic hydroxyl groups is 1. The molecule has 0 bridgehead atoms. The van der Waals surface area contributed by atoms with Gasteiger partial charge in [-0.3, -0.25) is 14.5 Å². The van der Waals surface area contributed by atoms with Crippen molar-refractivity contribution in [3.63, 3.8) is 0 Å². The van der Waals surface area contributed by atoms with Gasteiger partial charge in [-0.2, -0.15) is 0 Å². The highest BCUT2D eigenvalue weighted by Crippen LogP contribution is 2.43. The highest BCUT2D eigenvalue weighted by atomic mass is 19.1. The Hall–Kier alpha value is -4.59. The molecule has 4 aromatic rings. The minimum atomic E-state index is -1.01. The van der Waals surface area contributed by atoms with E-state index in [1.54, 1.807) is 42.5 Å². The fraction of sp³-hybridized carbons (Fsp3) is 0.111. The maximum absolute atomic E-state index is 13.7. The maximum Gasteiger partial charge on any atom is 0.294 e. The Morgan fingerprint density at radius 1 is 1.00 bits per heavy atom. The van der Waals surface area contributed by atoms with Gasteiger partial charge in [-0.25, -0.2) is 4.39 Å². The van der Waals surface area contributed by atoms with E-state index in [1.165, 1.54) is 49.5 Å². The van der Waals surface area contributed by atoms with Crippen molar-refractivity contribution in [1.82, 2.24) is 0 Å². The molecule has 35 heavy (non-hydrogen) atoms. The quantitative estimate of drug-likeness (QED) is 0.379. The first-order valence-electron chi connectivity index (χ1n) is 10.7. The van der Waals surface area contributed by atoms with Crippen LogP contribution in [-0.2, 0) is 4.79 Å². The number of para-hydroxylation sites is 1. The van der Waals surface area contributed by atoms with Gasteiger partial charge in [0.1, 0.15) is 11.6 Å². The zero-order valence-electron chi connectivity index (χ0n) is 18.8. The van der Waals surface area contributed by atoms with Crippen LogP contribution >= 0.6 is 0 Å². The second-order valence-electron chi connectivity index (χ2n) is 7.91. The summed E-state index contributed by atoms with van der Waals surface area (Å²) in [6.45, 7) is 0. The summed E-state index contributed by atoms with van der Waals surface area (Å²) in [5, 5.41) is 11.5. The summed E-state index contributed by atoms with van der Waals surface area (Å²) in [7, 11) is 3.00. The van der Waals surface area contributed by atoms with Crippen molar-refractivity contribution in [2.24, 2.45) is 0 Å². The molecule has 2 heterocycles. The van der Waals surface area contributed by atoms with Crippen molar-refractivity contribution in [3.05, 3.63) is 101 Å². The Morgan fingerprint density at radius 3 is 2.37 bits per heavy atom. The van der Waals surface area contributed by atoms with Crippen molar-refractivity contribution in [2.75, 3.05) is 19.1 Å². The van der Waals surface area contributed by atoms with Crippen molar-refractivity contribution in [1.29, 1.82) is 0 Å². The minimum absolute atomic E-state index is 0.0671. The van der Waals surface area contributed by atoms with E-state index >= 15 is 0 Å². The molecule has 0 spiro atoms. The molecule has 0 aliphatic carbocycles. The molecule has 1 unspecified atom stereocenters. The molecule has 1 aliphatic rings. The first kappa shape index (κ1) is 22.2. The molecule has 7 nitrogen and oxygen atoms in total. The van der Waals surface area contributed by atoms with E-state index in [2.05, 4.69) is 0 Å². The molecule has 0 fully saturated rings. The molecule has 1 atom stereocenters. The molecule has 3 aromatic carbocycles. The van der Waals surface area contributed by atoms with Crippen LogP contribution in [0.5, 0.6) is 11.5 Å². The summed E-state index contributed by atoms with van der Waals surface area (Å²) in [4.78, 5) is 28.2. The first-order valence-corrected chi connectivity index (χ1v) is 10.7. The largest absolute Gasteiger partial charge is 0.503 e. The summed E-state index contributed by atoms with van der Waals surface area (Å²) < 4.78 is 30.0. The van der Waals surface area contributed by atoms with Gasteiger partial charge >= 0.3 is 0 Å². The number of ketones is 1.